The van der Waals surface area contributed by atoms with Gasteiger partial charge in [0.05, 0.1) is 19.9 Å². The summed E-state index contributed by atoms with van der Waals surface area (Å²) in [4.78, 5) is 29.9. The van der Waals surface area contributed by atoms with E-state index in [-0.39, 0.29) is 23.8 Å². The van der Waals surface area contributed by atoms with E-state index in [9.17, 15) is 9.59 Å². The third-order valence-electron chi connectivity index (χ3n) is 7.29. The van der Waals surface area contributed by atoms with Crippen LogP contribution in [-0.2, 0) is 17.8 Å². The summed E-state index contributed by atoms with van der Waals surface area (Å²) < 4.78 is 11.5. The first-order valence-electron chi connectivity index (χ1n) is 11.7. The SMILES string of the molecule is CCOc1cc2c(cc1OCC)CN(CN1C(=O)NC3(C1=O)C(C)CCCC3C)CC2. The zero-order valence-corrected chi connectivity index (χ0v) is 19.2. The minimum absolute atomic E-state index is 0.0512. The van der Waals surface area contributed by atoms with Gasteiger partial charge in [-0.1, -0.05) is 20.3 Å². The largest absolute Gasteiger partial charge is 0.490 e. The molecule has 4 rings (SSSR count). The maximum Gasteiger partial charge on any atom is 0.326 e. The molecule has 1 saturated carbocycles. The third-order valence-corrected chi connectivity index (χ3v) is 7.29. The van der Waals surface area contributed by atoms with Gasteiger partial charge in [0, 0.05) is 13.1 Å². The van der Waals surface area contributed by atoms with Crippen LogP contribution in [0.3, 0.4) is 0 Å². The molecule has 31 heavy (non-hydrogen) atoms. The zero-order valence-electron chi connectivity index (χ0n) is 19.2. The smallest absolute Gasteiger partial charge is 0.326 e. The average Bonchev–Trinajstić information content (AvgIpc) is 2.99. The van der Waals surface area contributed by atoms with E-state index in [2.05, 4.69) is 36.2 Å². The van der Waals surface area contributed by atoms with Crippen molar-refractivity contribution in [1.29, 1.82) is 0 Å². The number of urea groups is 1. The number of nitrogens with zero attached hydrogens (tertiary/aromatic N) is 2. The average molecular weight is 430 g/mol. The highest BCUT2D eigenvalue weighted by Gasteiger charge is 2.58. The van der Waals surface area contributed by atoms with Crippen molar-refractivity contribution < 1.29 is 19.1 Å². The van der Waals surface area contributed by atoms with Crippen molar-refractivity contribution in [1.82, 2.24) is 15.1 Å². The van der Waals surface area contributed by atoms with Crippen LogP contribution in [0, 0.1) is 11.8 Å². The van der Waals surface area contributed by atoms with Crippen LogP contribution in [0.15, 0.2) is 12.1 Å². The van der Waals surface area contributed by atoms with Crippen molar-refractivity contribution in [2.24, 2.45) is 11.8 Å². The van der Waals surface area contributed by atoms with E-state index in [1.807, 2.05) is 13.8 Å². The molecule has 2 aliphatic heterocycles. The van der Waals surface area contributed by atoms with Gasteiger partial charge in [-0.15, -0.1) is 0 Å². The summed E-state index contributed by atoms with van der Waals surface area (Å²) in [6, 6.07) is 3.88. The van der Waals surface area contributed by atoms with Gasteiger partial charge in [0.25, 0.3) is 5.91 Å². The minimum atomic E-state index is -0.739. The van der Waals surface area contributed by atoms with Gasteiger partial charge in [0.1, 0.15) is 5.54 Å². The molecule has 2 heterocycles. The molecule has 1 aromatic carbocycles. The fourth-order valence-electron chi connectivity index (χ4n) is 5.56. The van der Waals surface area contributed by atoms with E-state index in [0.29, 0.717) is 26.4 Å². The molecule has 2 unspecified atom stereocenters. The number of fused-ring (bicyclic) bond motifs is 1. The molecule has 0 bridgehead atoms. The van der Waals surface area contributed by atoms with Gasteiger partial charge in [-0.2, -0.15) is 0 Å². The molecule has 2 fully saturated rings. The van der Waals surface area contributed by atoms with E-state index in [1.54, 1.807) is 0 Å². The second kappa shape index (κ2) is 8.69. The Bertz CT molecular complexity index is 845. The van der Waals surface area contributed by atoms with Crippen LogP contribution in [0.2, 0.25) is 0 Å². The number of carbonyl (C=O) groups is 2. The number of hydrogen-bond donors (Lipinski definition) is 1. The Balaban J connectivity index is 1.51. The predicted octanol–water partition coefficient (Wildman–Crippen LogP) is 3.55. The lowest BCUT2D eigenvalue weighted by molar-refractivity contribution is -0.138. The molecule has 1 aromatic rings. The number of nitrogens with one attached hydrogen (secondary N) is 1. The highest BCUT2D eigenvalue weighted by molar-refractivity contribution is 6.07. The lowest BCUT2D eigenvalue weighted by Crippen LogP contribution is -2.59. The highest BCUT2D eigenvalue weighted by Crippen LogP contribution is 2.42. The Kier molecular flexibility index (Phi) is 6.15. The maximum absolute atomic E-state index is 13.5. The molecule has 1 aliphatic carbocycles. The van der Waals surface area contributed by atoms with Gasteiger partial charge in [-0.3, -0.25) is 9.69 Å². The first kappa shape index (κ1) is 21.9. The van der Waals surface area contributed by atoms with E-state index < -0.39 is 5.54 Å². The summed E-state index contributed by atoms with van der Waals surface area (Å²) in [5.41, 5.74) is 1.67. The maximum atomic E-state index is 13.5. The van der Waals surface area contributed by atoms with Crippen LogP contribution in [-0.4, -0.2) is 53.7 Å². The van der Waals surface area contributed by atoms with Crippen molar-refractivity contribution in [2.45, 2.75) is 65.5 Å². The van der Waals surface area contributed by atoms with Crippen LogP contribution < -0.4 is 14.8 Å². The van der Waals surface area contributed by atoms with E-state index in [0.717, 1.165) is 43.7 Å². The molecule has 0 aromatic heterocycles. The van der Waals surface area contributed by atoms with E-state index in [4.69, 9.17) is 9.47 Å². The lowest BCUT2D eigenvalue weighted by atomic mass is 9.67. The van der Waals surface area contributed by atoms with Crippen LogP contribution in [0.5, 0.6) is 11.5 Å². The van der Waals surface area contributed by atoms with Crippen molar-refractivity contribution in [2.75, 3.05) is 26.4 Å². The molecule has 7 heteroatoms. The number of hydrogen-bond acceptors (Lipinski definition) is 5. The molecule has 1 saturated heterocycles. The summed E-state index contributed by atoms with van der Waals surface area (Å²) in [6.45, 7) is 11.1. The second-order valence-electron chi connectivity index (χ2n) is 9.14. The first-order valence-corrected chi connectivity index (χ1v) is 11.7. The van der Waals surface area contributed by atoms with Gasteiger partial charge in [-0.25, -0.2) is 9.69 Å². The zero-order chi connectivity index (χ0) is 22.2. The molecule has 1 N–H and O–H groups in total. The number of amides is 3. The second-order valence-corrected chi connectivity index (χ2v) is 9.14. The molecule has 2 atom stereocenters. The number of imide groups is 1. The van der Waals surface area contributed by atoms with Gasteiger partial charge in [0.15, 0.2) is 11.5 Å². The number of benzene rings is 1. The predicted molar refractivity (Wildman–Crippen MR) is 118 cm³/mol. The van der Waals surface area contributed by atoms with Gasteiger partial charge >= 0.3 is 6.03 Å². The standard InChI is InChI=1S/C24H35N3O4/c1-5-30-20-12-18-10-11-26(14-19(18)13-21(20)31-6-2)15-27-22(28)24(25-23(27)29)16(3)8-7-9-17(24)4/h12-13,16-17H,5-11,14-15H2,1-4H3,(H,25,29). The Labute approximate surface area is 185 Å². The molecule has 7 nitrogen and oxygen atoms in total. The summed E-state index contributed by atoms with van der Waals surface area (Å²) in [5, 5.41) is 3.10. The summed E-state index contributed by atoms with van der Waals surface area (Å²) in [7, 11) is 0. The molecule has 1 spiro atoms. The van der Waals surface area contributed by atoms with E-state index >= 15 is 0 Å². The molecule has 3 aliphatic rings. The Morgan fingerprint density at radius 3 is 2.26 bits per heavy atom. The van der Waals surface area contributed by atoms with Crippen LogP contribution in [0.1, 0.15) is 58.1 Å². The topological polar surface area (TPSA) is 71.1 Å². The number of carbonyl (C=O) groups excluding carboxylic acids is 2. The number of rotatable bonds is 6. The molecule has 170 valence electrons. The van der Waals surface area contributed by atoms with Crippen LogP contribution >= 0.6 is 0 Å². The Morgan fingerprint density at radius 1 is 1.03 bits per heavy atom. The highest BCUT2D eigenvalue weighted by atomic mass is 16.5. The monoisotopic (exact) mass is 429 g/mol. The first-order chi connectivity index (χ1) is 14.9. The molecular weight excluding hydrogens is 394 g/mol. The fourth-order valence-corrected chi connectivity index (χ4v) is 5.56. The Morgan fingerprint density at radius 2 is 1.65 bits per heavy atom. The Hall–Kier alpha value is -2.28. The normalized spacial score (nSPS) is 28.6. The van der Waals surface area contributed by atoms with Crippen molar-refractivity contribution in [3.63, 3.8) is 0 Å². The third kappa shape index (κ3) is 3.77. The fraction of sp³-hybridized carbons (Fsp3) is 0.667. The van der Waals surface area contributed by atoms with Crippen molar-refractivity contribution in [3.05, 3.63) is 23.3 Å². The van der Waals surface area contributed by atoms with Crippen LogP contribution in [0.25, 0.3) is 0 Å². The number of ether oxygens (including phenoxy) is 2. The van der Waals surface area contributed by atoms with Gasteiger partial charge in [-0.05, 0) is 68.2 Å². The van der Waals surface area contributed by atoms with Crippen LogP contribution in [0.4, 0.5) is 4.79 Å². The summed E-state index contributed by atoms with van der Waals surface area (Å²) in [6.07, 6.45) is 3.92. The summed E-state index contributed by atoms with van der Waals surface area (Å²) in [5.74, 6) is 1.80. The van der Waals surface area contributed by atoms with Gasteiger partial charge < -0.3 is 14.8 Å². The van der Waals surface area contributed by atoms with E-state index in [1.165, 1.54) is 16.0 Å². The molecule has 3 amide bonds. The lowest BCUT2D eigenvalue weighted by Gasteiger charge is -2.42. The quantitative estimate of drug-likeness (QED) is 0.701. The summed E-state index contributed by atoms with van der Waals surface area (Å²) >= 11 is 0. The minimum Gasteiger partial charge on any atom is -0.490 e. The van der Waals surface area contributed by atoms with Gasteiger partial charge in [0.2, 0.25) is 0 Å². The van der Waals surface area contributed by atoms with Crippen molar-refractivity contribution >= 4 is 11.9 Å². The molecular formula is C24H35N3O4. The molecule has 0 radical (unpaired) electrons. The van der Waals surface area contributed by atoms with Crippen molar-refractivity contribution in [3.8, 4) is 11.5 Å².